The van der Waals surface area contributed by atoms with Gasteiger partial charge in [0, 0.05) is 30.7 Å². The van der Waals surface area contributed by atoms with E-state index in [0.29, 0.717) is 6.54 Å². The van der Waals surface area contributed by atoms with Gasteiger partial charge in [0.05, 0.1) is 11.0 Å². The number of halogens is 1. The summed E-state index contributed by atoms with van der Waals surface area (Å²) in [5, 5.41) is 18.6. The molecule has 1 aliphatic heterocycles. The molecule has 2 heterocycles. The highest BCUT2D eigenvalue weighted by Gasteiger charge is 2.27. The highest BCUT2D eigenvalue weighted by molar-refractivity contribution is 7.08. The maximum Gasteiger partial charge on any atom is 0.282 e. The normalized spacial score (nSPS) is 14.7. The van der Waals surface area contributed by atoms with Crippen LogP contribution in [-0.4, -0.2) is 28.8 Å². The van der Waals surface area contributed by atoms with Crippen molar-refractivity contribution in [3.63, 3.8) is 0 Å². The summed E-state index contributed by atoms with van der Waals surface area (Å²) in [6.07, 6.45) is 0.949. The Kier molecular flexibility index (Phi) is 6.13. The zero-order valence-corrected chi connectivity index (χ0v) is 17.7. The first-order valence-electron chi connectivity index (χ1n) is 9.58. The van der Waals surface area contributed by atoms with Gasteiger partial charge in [-0.05, 0) is 52.1 Å². The van der Waals surface area contributed by atoms with Crippen LogP contribution < -0.4 is 5.32 Å². The SMILES string of the molecule is O=C(NCC(c1ccsc1)N1CCc2ccccc2C1)c1cc(Cl)ccc1[N+](=O)[O-]. The van der Waals surface area contributed by atoms with Gasteiger partial charge < -0.3 is 5.32 Å². The van der Waals surface area contributed by atoms with Gasteiger partial charge in [0.1, 0.15) is 5.56 Å². The number of hydrogen-bond donors (Lipinski definition) is 1. The molecule has 1 aliphatic rings. The van der Waals surface area contributed by atoms with Crippen molar-refractivity contribution in [2.75, 3.05) is 13.1 Å². The number of rotatable bonds is 6. The molecule has 0 radical (unpaired) electrons. The highest BCUT2D eigenvalue weighted by atomic mass is 35.5. The minimum Gasteiger partial charge on any atom is -0.350 e. The second-order valence-corrected chi connectivity index (χ2v) is 8.41. The summed E-state index contributed by atoms with van der Waals surface area (Å²) >= 11 is 7.58. The Morgan fingerprint density at radius 1 is 1.23 bits per heavy atom. The van der Waals surface area contributed by atoms with E-state index in [0.717, 1.165) is 25.1 Å². The molecule has 1 atom stereocenters. The van der Waals surface area contributed by atoms with Crippen molar-refractivity contribution in [2.45, 2.75) is 19.0 Å². The third-order valence-electron chi connectivity index (χ3n) is 5.38. The van der Waals surface area contributed by atoms with Crippen molar-refractivity contribution in [1.82, 2.24) is 10.2 Å². The van der Waals surface area contributed by atoms with Crippen molar-refractivity contribution in [3.05, 3.63) is 96.7 Å². The zero-order valence-electron chi connectivity index (χ0n) is 16.1. The van der Waals surface area contributed by atoms with E-state index in [-0.39, 0.29) is 22.3 Å². The summed E-state index contributed by atoms with van der Waals surface area (Å²) in [5.41, 5.74) is 3.49. The van der Waals surface area contributed by atoms with E-state index in [1.54, 1.807) is 11.3 Å². The van der Waals surface area contributed by atoms with Crippen LogP contribution in [0.3, 0.4) is 0 Å². The number of carbonyl (C=O) groups is 1. The van der Waals surface area contributed by atoms with Gasteiger partial charge in [-0.15, -0.1) is 0 Å². The number of nitro groups is 1. The quantitative estimate of drug-likeness (QED) is 0.438. The van der Waals surface area contributed by atoms with Crippen molar-refractivity contribution in [2.24, 2.45) is 0 Å². The number of thiophene rings is 1. The van der Waals surface area contributed by atoms with Gasteiger partial charge in [-0.1, -0.05) is 35.9 Å². The standard InChI is InChI=1S/C22H20ClN3O3S/c23-18-5-6-20(26(28)29)19(11-18)22(27)24-12-21(17-8-10-30-14-17)25-9-7-15-3-1-2-4-16(15)13-25/h1-6,8,10-11,14,21H,7,9,12-13H2,(H,24,27). The van der Waals surface area contributed by atoms with E-state index in [9.17, 15) is 14.9 Å². The van der Waals surface area contributed by atoms with Crippen LogP contribution in [-0.2, 0) is 13.0 Å². The first-order chi connectivity index (χ1) is 14.5. The summed E-state index contributed by atoms with van der Waals surface area (Å²) in [4.78, 5) is 25.9. The molecular weight excluding hydrogens is 422 g/mol. The van der Waals surface area contributed by atoms with Crippen LogP contribution in [0, 0.1) is 10.1 Å². The predicted octanol–water partition coefficient (Wildman–Crippen LogP) is 4.84. The third kappa shape index (κ3) is 4.38. The third-order valence-corrected chi connectivity index (χ3v) is 6.32. The number of hydrogen-bond acceptors (Lipinski definition) is 5. The molecule has 0 fully saturated rings. The molecule has 1 amide bonds. The number of nitrogens with zero attached hydrogens (tertiary/aromatic N) is 2. The molecule has 6 nitrogen and oxygen atoms in total. The summed E-state index contributed by atoms with van der Waals surface area (Å²) in [5.74, 6) is -0.498. The number of amides is 1. The fourth-order valence-electron chi connectivity index (χ4n) is 3.84. The topological polar surface area (TPSA) is 75.5 Å². The van der Waals surface area contributed by atoms with E-state index in [4.69, 9.17) is 11.6 Å². The molecule has 0 saturated heterocycles. The van der Waals surface area contributed by atoms with Crippen molar-refractivity contribution >= 4 is 34.5 Å². The van der Waals surface area contributed by atoms with Crippen LogP contribution in [0.15, 0.2) is 59.3 Å². The molecule has 2 aromatic carbocycles. The Hall–Kier alpha value is -2.74. The number of carbonyl (C=O) groups excluding carboxylic acids is 1. The van der Waals surface area contributed by atoms with Gasteiger partial charge in [-0.2, -0.15) is 11.3 Å². The van der Waals surface area contributed by atoms with Gasteiger partial charge in [0.15, 0.2) is 0 Å². The minimum absolute atomic E-state index is 0.0215. The van der Waals surface area contributed by atoms with Crippen LogP contribution in [0.4, 0.5) is 5.69 Å². The lowest BCUT2D eigenvalue weighted by atomic mass is 9.97. The number of benzene rings is 2. The van der Waals surface area contributed by atoms with Crippen LogP contribution in [0.25, 0.3) is 0 Å². The maximum absolute atomic E-state index is 12.8. The monoisotopic (exact) mass is 441 g/mol. The average Bonchev–Trinajstić information content (AvgIpc) is 3.28. The summed E-state index contributed by atoms with van der Waals surface area (Å²) < 4.78 is 0. The highest BCUT2D eigenvalue weighted by Crippen LogP contribution is 2.29. The fourth-order valence-corrected chi connectivity index (χ4v) is 4.72. The first kappa shape index (κ1) is 20.5. The van der Waals surface area contributed by atoms with E-state index in [1.165, 1.54) is 29.3 Å². The Bertz CT molecular complexity index is 1070. The van der Waals surface area contributed by atoms with Gasteiger partial charge >= 0.3 is 0 Å². The molecule has 3 aromatic rings. The molecule has 30 heavy (non-hydrogen) atoms. The molecule has 154 valence electrons. The van der Waals surface area contributed by atoms with E-state index >= 15 is 0 Å². The number of nitrogens with one attached hydrogen (secondary N) is 1. The second kappa shape index (κ2) is 8.95. The molecule has 0 bridgehead atoms. The van der Waals surface area contributed by atoms with E-state index < -0.39 is 10.8 Å². The van der Waals surface area contributed by atoms with Gasteiger partial charge in [0.2, 0.25) is 0 Å². The summed E-state index contributed by atoms with van der Waals surface area (Å²) in [7, 11) is 0. The predicted molar refractivity (Wildman–Crippen MR) is 118 cm³/mol. The Morgan fingerprint density at radius 3 is 2.77 bits per heavy atom. The zero-order chi connectivity index (χ0) is 21.1. The summed E-state index contributed by atoms with van der Waals surface area (Å²) in [6.45, 7) is 2.02. The molecular formula is C22H20ClN3O3S. The Morgan fingerprint density at radius 2 is 2.03 bits per heavy atom. The van der Waals surface area contributed by atoms with Crippen molar-refractivity contribution in [3.8, 4) is 0 Å². The molecule has 8 heteroatoms. The van der Waals surface area contributed by atoms with Gasteiger partial charge in [-0.3, -0.25) is 19.8 Å². The molecule has 0 spiro atoms. The van der Waals surface area contributed by atoms with Crippen LogP contribution in [0.1, 0.15) is 33.1 Å². The molecule has 1 N–H and O–H groups in total. The number of fused-ring (bicyclic) bond motifs is 1. The lowest BCUT2D eigenvalue weighted by Crippen LogP contribution is -2.40. The molecule has 1 aromatic heterocycles. The summed E-state index contributed by atoms with van der Waals surface area (Å²) in [6, 6.07) is 14.4. The van der Waals surface area contributed by atoms with Gasteiger partial charge in [0.25, 0.3) is 11.6 Å². The van der Waals surface area contributed by atoms with Crippen molar-refractivity contribution < 1.29 is 9.72 Å². The first-order valence-corrected chi connectivity index (χ1v) is 10.9. The maximum atomic E-state index is 12.8. The average molecular weight is 442 g/mol. The lowest BCUT2D eigenvalue weighted by Gasteiger charge is -2.35. The van der Waals surface area contributed by atoms with Crippen LogP contribution in [0.2, 0.25) is 5.02 Å². The van der Waals surface area contributed by atoms with E-state index in [2.05, 4.69) is 39.9 Å². The molecule has 0 saturated carbocycles. The molecule has 1 unspecified atom stereocenters. The van der Waals surface area contributed by atoms with Crippen LogP contribution in [0.5, 0.6) is 0 Å². The second-order valence-electron chi connectivity index (χ2n) is 7.19. The minimum atomic E-state index is -0.566. The lowest BCUT2D eigenvalue weighted by molar-refractivity contribution is -0.385. The van der Waals surface area contributed by atoms with Crippen LogP contribution >= 0.6 is 22.9 Å². The fraction of sp³-hybridized carbons (Fsp3) is 0.227. The smallest absolute Gasteiger partial charge is 0.282 e. The largest absolute Gasteiger partial charge is 0.350 e. The van der Waals surface area contributed by atoms with Crippen molar-refractivity contribution in [1.29, 1.82) is 0 Å². The Labute approximate surface area is 183 Å². The van der Waals surface area contributed by atoms with E-state index in [1.807, 2.05) is 11.4 Å². The molecule has 4 rings (SSSR count). The van der Waals surface area contributed by atoms with Gasteiger partial charge in [-0.25, -0.2) is 0 Å². The molecule has 0 aliphatic carbocycles. The number of nitro benzene ring substituents is 1. The Balaban J connectivity index is 1.54.